The standard InChI is InChI=1S/C11H18ClN3/c1-9(7-13)3-2-5-15-11-4-6-14-8-10(11)12/h4,6,8-9H,2-3,5,7,13H2,1H3,(H,14,15). The molecule has 1 atom stereocenters. The van der Waals surface area contributed by atoms with Gasteiger partial charge in [-0.05, 0) is 31.4 Å². The first-order valence-corrected chi connectivity index (χ1v) is 5.65. The van der Waals surface area contributed by atoms with Crippen molar-refractivity contribution in [3.05, 3.63) is 23.5 Å². The molecule has 15 heavy (non-hydrogen) atoms. The highest BCUT2D eigenvalue weighted by molar-refractivity contribution is 6.33. The average molecular weight is 228 g/mol. The summed E-state index contributed by atoms with van der Waals surface area (Å²) in [5.74, 6) is 0.597. The molecule has 0 saturated heterocycles. The highest BCUT2D eigenvalue weighted by Crippen LogP contribution is 2.19. The van der Waals surface area contributed by atoms with Crippen LogP contribution in [0.2, 0.25) is 5.02 Å². The van der Waals surface area contributed by atoms with Gasteiger partial charge in [0, 0.05) is 18.9 Å². The van der Waals surface area contributed by atoms with E-state index in [0.29, 0.717) is 10.9 Å². The third kappa shape index (κ3) is 4.49. The number of halogens is 1. The number of nitrogens with zero attached hydrogens (tertiary/aromatic N) is 1. The van der Waals surface area contributed by atoms with Crippen molar-refractivity contribution >= 4 is 17.3 Å². The lowest BCUT2D eigenvalue weighted by Crippen LogP contribution is -2.12. The molecule has 0 fully saturated rings. The number of aromatic nitrogens is 1. The summed E-state index contributed by atoms with van der Waals surface area (Å²) in [5, 5.41) is 3.95. The molecule has 0 aliphatic rings. The summed E-state index contributed by atoms with van der Waals surface area (Å²) in [4.78, 5) is 3.93. The molecular formula is C11H18ClN3. The molecular weight excluding hydrogens is 210 g/mol. The Labute approximate surface area is 96.0 Å². The largest absolute Gasteiger partial charge is 0.384 e. The molecule has 0 radical (unpaired) electrons. The molecule has 1 rings (SSSR count). The van der Waals surface area contributed by atoms with E-state index in [1.165, 1.54) is 0 Å². The Morgan fingerprint density at radius 3 is 3.07 bits per heavy atom. The lowest BCUT2D eigenvalue weighted by molar-refractivity contribution is 0.529. The first-order chi connectivity index (χ1) is 7.24. The number of hydrogen-bond acceptors (Lipinski definition) is 3. The second-order valence-electron chi connectivity index (χ2n) is 3.77. The SMILES string of the molecule is CC(CN)CCCNc1ccncc1Cl. The summed E-state index contributed by atoms with van der Waals surface area (Å²) in [6, 6.07) is 1.88. The van der Waals surface area contributed by atoms with Gasteiger partial charge in [0.1, 0.15) is 0 Å². The van der Waals surface area contributed by atoms with Crippen molar-refractivity contribution in [2.75, 3.05) is 18.4 Å². The van der Waals surface area contributed by atoms with Crippen LogP contribution in [-0.4, -0.2) is 18.1 Å². The second-order valence-corrected chi connectivity index (χ2v) is 4.17. The van der Waals surface area contributed by atoms with Gasteiger partial charge < -0.3 is 11.1 Å². The van der Waals surface area contributed by atoms with E-state index in [2.05, 4.69) is 17.2 Å². The lowest BCUT2D eigenvalue weighted by Gasteiger charge is -2.10. The van der Waals surface area contributed by atoms with Crippen molar-refractivity contribution in [3.8, 4) is 0 Å². The Kier molecular flexibility index (Phi) is 5.43. The molecule has 1 heterocycles. The third-order valence-corrected chi connectivity index (χ3v) is 2.67. The maximum Gasteiger partial charge on any atom is 0.0820 e. The van der Waals surface area contributed by atoms with Gasteiger partial charge in [-0.2, -0.15) is 0 Å². The topological polar surface area (TPSA) is 50.9 Å². The number of rotatable bonds is 6. The quantitative estimate of drug-likeness (QED) is 0.735. The van der Waals surface area contributed by atoms with Crippen LogP contribution in [-0.2, 0) is 0 Å². The van der Waals surface area contributed by atoms with Gasteiger partial charge in [0.25, 0.3) is 0 Å². The van der Waals surface area contributed by atoms with Gasteiger partial charge >= 0.3 is 0 Å². The molecule has 4 heteroatoms. The molecule has 1 aromatic rings. The number of anilines is 1. The van der Waals surface area contributed by atoms with Crippen molar-refractivity contribution in [1.82, 2.24) is 4.98 Å². The normalized spacial score (nSPS) is 12.5. The summed E-state index contributed by atoms with van der Waals surface area (Å²) in [6.07, 6.45) is 5.63. The highest BCUT2D eigenvalue weighted by atomic mass is 35.5. The maximum absolute atomic E-state index is 5.95. The molecule has 0 saturated carbocycles. The van der Waals surface area contributed by atoms with Crippen molar-refractivity contribution in [2.24, 2.45) is 11.7 Å². The first kappa shape index (κ1) is 12.3. The fraction of sp³-hybridized carbons (Fsp3) is 0.545. The van der Waals surface area contributed by atoms with Gasteiger partial charge in [0.15, 0.2) is 0 Å². The minimum atomic E-state index is 0.597. The summed E-state index contributed by atoms with van der Waals surface area (Å²) in [6.45, 7) is 3.85. The highest BCUT2D eigenvalue weighted by Gasteiger charge is 2.00. The van der Waals surface area contributed by atoms with Crippen molar-refractivity contribution < 1.29 is 0 Å². The van der Waals surface area contributed by atoms with E-state index < -0.39 is 0 Å². The zero-order valence-electron chi connectivity index (χ0n) is 9.04. The van der Waals surface area contributed by atoms with E-state index in [4.69, 9.17) is 17.3 Å². The van der Waals surface area contributed by atoms with Gasteiger partial charge in [-0.25, -0.2) is 0 Å². The zero-order valence-corrected chi connectivity index (χ0v) is 9.80. The van der Waals surface area contributed by atoms with Crippen LogP contribution in [0.3, 0.4) is 0 Å². The van der Waals surface area contributed by atoms with Crippen LogP contribution in [0.5, 0.6) is 0 Å². The van der Waals surface area contributed by atoms with Gasteiger partial charge in [0.05, 0.1) is 10.7 Å². The molecule has 3 nitrogen and oxygen atoms in total. The third-order valence-electron chi connectivity index (χ3n) is 2.36. The van der Waals surface area contributed by atoms with Crippen LogP contribution in [0.15, 0.2) is 18.5 Å². The monoisotopic (exact) mass is 227 g/mol. The number of nitrogens with one attached hydrogen (secondary N) is 1. The Morgan fingerprint density at radius 1 is 1.60 bits per heavy atom. The molecule has 3 N–H and O–H groups in total. The van der Waals surface area contributed by atoms with Crippen molar-refractivity contribution in [1.29, 1.82) is 0 Å². The zero-order chi connectivity index (χ0) is 11.1. The summed E-state index contributed by atoms with van der Waals surface area (Å²) < 4.78 is 0. The summed E-state index contributed by atoms with van der Waals surface area (Å²) >= 11 is 5.95. The van der Waals surface area contributed by atoms with Gasteiger partial charge in [0.2, 0.25) is 0 Å². The van der Waals surface area contributed by atoms with Crippen LogP contribution in [0.4, 0.5) is 5.69 Å². The minimum Gasteiger partial charge on any atom is -0.384 e. The summed E-state index contributed by atoms with van der Waals surface area (Å²) in [7, 11) is 0. The number of nitrogens with two attached hydrogens (primary N) is 1. The van der Waals surface area contributed by atoms with Crippen LogP contribution in [0, 0.1) is 5.92 Å². The molecule has 0 aliphatic heterocycles. The molecule has 84 valence electrons. The number of pyridine rings is 1. The Morgan fingerprint density at radius 2 is 2.40 bits per heavy atom. The molecule has 0 spiro atoms. The van der Waals surface area contributed by atoms with Crippen LogP contribution in [0.25, 0.3) is 0 Å². The molecule has 1 aromatic heterocycles. The van der Waals surface area contributed by atoms with Crippen LogP contribution < -0.4 is 11.1 Å². The van der Waals surface area contributed by atoms with E-state index >= 15 is 0 Å². The molecule has 1 unspecified atom stereocenters. The van der Waals surface area contributed by atoms with Crippen molar-refractivity contribution in [2.45, 2.75) is 19.8 Å². The molecule has 0 aromatic carbocycles. The van der Waals surface area contributed by atoms with Gasteiger partial charge in [-0.1, -0.05) is 18.5 Å². The van der Waals surface area contributed by atoms with E-state index in [9.17, 15) is 0 Å². The van der Waals surface area contributed by atoms with E-state index in [-0.39, 0.29) is 0 Å². The Hall–Kier alpha value is -0.800. The van der Waals surface area contributed by atoms with Gasteiger partial charge in [-0.15, -0.1) is 0 Å². The van der Waals surface area contributed by atoms with Crippen LogP contribution in [0.1, 0.15) is 19.8 Å². The van der Waals surface area contributed by atoms with E-state index in [1.54, 1.807) is 12.4 Å². The van der Waals surface area contributed by atoms with Gasteiger partial charge in [-0.3, -0.25) is 4.98 Å². The van der Waals surface area contributed by atoms with E-state index in [0.717, 1.165) is 31.6 Å². The Bertz CT molecular complexity index is 291. The lowest BCUT2D eigenvalue weighted by atomic mass is 10.1. The smallest absolute Gasteiger partial charge is 0.0820 e. The fourth-order valence-corrected chi connectivity index (χ4v) is 1.50. The Balaban J connectivity index is 2.23. The fourth-order valence-electron chi connectivity index (χ4n) is 1.31. The number of hydrogen-bond donors (Lipinski definition) is 2. The van der Waals surface area contributed by atoms with E-state index in [1.807, 2.05) is 6.07 Å². The molecule has 0 bridgehead atoms. The van der Waals surface area contributed by atoms with Crippen molar-refractivity contribution in [3.63, 3.8) is 0 Å². The second kappa shape index (κ2) is 6.64. The molecule has 0 aliphatic carbocycles. The molecule has 0 amide bonds. The maximum atomic E-state index is 5.95. The van der Waals surface area contributed by atoms with Crippen LogP contribution >= 0.6 is 11.6 Å². The predicted octanol–water partition coefficient (Wildman–Crippen LogP) is 2.52. The first-order valence-electron chi connectivity index (χ1n) is 5.27. The predicted molar refractivity (Wildman–Crippen MR) is 65.2 cm³/mol. The minimum absolute atomic E-state index is 0.597. The summed E-state index contributed by atoms with van der Waals surface area (Å²) in [5.41, 5.74) is 6.49. The average Bonchev–Trinajstić information content (AvgIpc) is 2.26.